The Morgan fingerprint density at radius 2 is 1.93 bits per heavy atom. The molecule has 148 valence electrons. The number of anilines is 1. The van der Waals surface area contributed by atoms with E-state index in [2.05, 4.69) is 5.43 Å². The van der Waals surface area contributed by atoms with Crippen LogP contribution in [0.3, 0.4) is 0 Å². The molecule has 6 nitrogen and oxygen atoms in total. The Morgan fingerprint density at radius 3 is 2.54 bits per heavy atom. The Bertz CT molecular complexity index is 874. The zero-order chi connectivity index (χ0) is 20.3. The van der Waals surface area contributed by atoms with Crippen LogP contribution < -0.4 is 16.2 Å². The summed E-state index contributed by atoms with van der Waals surface area (Å²) in [5, 5.41) is 11.9. The molecule has 0 saturated heterocycles. The summed E-state index contributed by atoms with van der Waals surface area (Å²) in [4.78, 5) is 22.9. The van der Waals surface area contributed by atoms with Gasteiger partial charge < -0.3 is 10.8 Å². The van der Waals surface area contributed by atoms with Crippen LogP contribution in [0.4, 0.5) is 5.69 Å². The Morgan fingerprint density at radius 1 is 1.25 bits per heavy atom. The van der Waals surface area contributed by atoms with Gasteiger partial charge in [-0.2, -0.15) is 0 Å². The third-order valence-electron chi connectivity index (χ3n) is 5.08. The van der Waals surface area contributed by atoms with Gasteiger partial charge in [0.15, 0.2) is 0 Å². The van der Waals surface area contributed by atoms with Crippen molar-refractivity contribution in [2.45, 2.75) is 37.8 Å². The molecule has 8 heteroatoms. The molecule has 1 heterocycles. The number of carbonyl (C=O) groups is 2. The molecule has 1 aliphatic rings. The van der Waals surface area contributed by atoms with Crippen molar-refractivity contribution in [3.63, 3.8) is 0 Å². The number of nitrogens with one attached hydrogen (secondary N) is 1. The van der Waals surface area contributed by atoms with Gasteiger partial charge >= 0.3 is 5.97 Å². The summed E-state index contributed by atoms with van der Waals surface area (Å²) in [6, 6.07) is 10.4. The van der Waals surface area contributed by atoms with Crippen molar-refractivity contribution in [1.82, 2.24) is 5.43 Å². The zero-order valence-electron chi connectivity index (χ0n) is 15.1. The molecule has 0 saturated carbocycles. The van der Waals surface area contributed by atoms with Gasteiger partial charge in [-0.15, -0.1) is 0 Å². The molecule has 2 aromatic rings. The molecule has 1 aliphatic heterocycles. The quantitative estimate of drug-likeness (QED) is 0.594. The average Bonchev–Trinajstić information content (AvgIpc) is 2.67. The minimum atomic E-state index is -1.02. The Hall–Kier alpha value is -2.28. The van der Waals surface area contributed by atoms with Crippen LogP contribution in [0.15, 0.2) is 36.4 Å². The first-order valence-electron chi connectivity index (χ1n) is 8.93. The average molecular weight is 422 g/mol. The standard InChI is InChI=1S/C20H21Cl2N3O3/c21-15-8-16(22)19-14(6-5-12-1-3-13(10-23)4-2-12)7-18(20(27)28)25(24-11-26)17(19)9-15/h1-4,8-9,11,14,18H,5-7,10,23H2,(H,24,26)(H,27,28)/t14-,18+/m1/s1. The highest BCUT2D eigenvalue weighted by molar-refractivity contribution is 6.35. The van der Waals surface area contributed by atoms with Gasteiger partial charge in [-0.3, -0.25) is 15.2 Å². The van der Waals surface area contributed by atoms with Crippen LogP contribution >= 0.6 is 23.2 Å². The lowest BCUT2D eigenvalue weighted by Crippen LogP contribution is -2.52. The summed E-state index contributed by atoms with van der Waals surface area (Å²) in [5.74, 6) is -1.10. The minimum Gasteiger partial charge on any atom is -0.480 e. The van der Waals surface area contributed by atoms with Crippen molar-refractivity contribution >= 4 is 41.3 Å². The third-order valence-corrected chi connectivity index (χ3v) is 5.61. The van der Waals surface area contributed by atoms with Gasteiger partial charge in [0.25, 0.3) is 0 Å². The van der Waals surface area contributed by atoms with E-state index in [1.807, 2.05) is 24.3 Å². The topological polar surface area (TPSA) is 95.7 Å². The fourth-order valence-corrected chi connectivity index (χ4v) is 4.34. The fraction of sp³-hybridized carbons (Fsp3) is 0.300. The number of nitrogens with two attached hydrogens (primary N) is 1. The number of hydrogen-bond acceptors (Lipinski definition) is 4. The smallest absolute Gasteiger partial charge is 0.328 e. The molecule has 0 bridgehead atoms. The number of hydrazine groups is 1. The monoisotopic (exact) mass is 421 g/mol. The van der Waals surface area contributed by atoms with Crippen LogP contribution in [0.25, 0.3) is 0 Å². The first-order chi connectivity index (χ1) is 13.4. The van der Waals surface area contributed by atoms with Crippen molar-refractivity contribution in [3.05, 3.63) is 63.1 Å². The molecular weight excluding hydrogens is 401 g/mol. The number of nitrogens with zero attached hydrogens (tertiary/aromatic N) is 1. The van der Waals surface area contributed by atoms with Gasteiger partial charge in [0.05, 0.1) is 5.69 Å². The fourth-order valence-electron chi connectivity index (χ4n) is 3.71. The maximum absolute atomic E-state index is 11.8. The van der Waals surface area contributed by atoms with Gasteiger partial charge in [-0.1, -0.05) is 47.5 Å². The Kier molecular flexibility index (Phi) is 6.44. The molecule has 2 atom stereocenters. The molecule has 3 rings (SSSR count). The van der Waals surface area contributed by atoms with Gasteiger partial charge in [-0.05, 0) is 54.0 Å². The van der Waals surface area contributed by atoms with Crippen LogP contribution in [0, 0.1) is 0 Å². The van der Waals surface area contributed by atoms with E-state index in [-0.39, 0.29) is 5.92 Å². The second-order valence-corrected chi connectivity index (χ2v) is 7.63. The summed E-state index contributed by atoms with van der Waals surface area (Å²) in [5.41, 5.74) is 11.6. The number of aliphatic carboxylic acids is 1. The SMILES string of the molecule is NCc1ccc(CC[C@@H]2C[C@@H](C(=O)O)N(NC=O)c3cc(Cl)cc(Cl)c32)cc1. The lowest BCUT2D eigenvalue weighted by molar-refractivity contribution is -0.139. The Balaban J connectivity index is 1.92. The van der Waals surface area contributed by atoms with Crippen molar-refractivity contribution in [2.75, 3.05) is 5.01 Å². The van der Waals surface area contributed by atoms with E-state index in [9.17, 15) is 14.7 Å². The normalized spacial score (nSPS) is 18.5. The molecule has 0 aromatic heterocycles. The molecule has 28 heavy (non-hydrogen) atoms. The second kappa shape index (κ2) is 8.82. The van der Waals surface area contributed by atoms with E-state index < -0.39 is 12.0 Å². The summed E-state index contributed by atoms with van der Waals surface area (Å²) in [6.07, 6.45) is 2.26. The highest BCUT2D eigenvalue weighted by atomic mass is 35.5. The lowest BCUT2D eigenvalue weighted by atomic mass is 9.82. The number of amides is 1. The summed E-state index contributed by atoms with van der Waals surface area (Å²) < 4.78 is 0. The van der Waals surface area contributed by atoms with Crippen LogP contribution in [0.1, 0.15) is 35.4 Å². The maximum Gasteiger partial charge on any atom is 0.328 e. The Labute approximate surface area is 173 Å². The third kappa shape index (κ3) is 4.24. The lowest BCUT2D eigenvalue weighted by Gasteiger charge is -2.39. The van der Waals surface area contributed by atoms with Gasteiger partial charge in [-0.25, -0.2) is 4.79 Å². The highest BCUT2D eigenvalue weighted by Gasteiger charge is 2.38. The number of rotatable bonds is 7. The van der Waals surface area contributed by atoms with Gasteiger partial charge in [0.1, 0.15) is 6.04 Å². The number of fused-ring (bicyclic) bond motifs is 1. The van der Waals surface area contributed by atoms with Gasteiger partial charge in [0.2, 0.25) is 6.41 Å². The zero-order valence-corrected chi connectivity index (χ0v) is 16.6. The van der Waals surface area contributed by atoms with Crippen LogP contribution in [-0.2, 0) is 22.6 Å². The van der Waals surface area contributed by atoms with Crippen molar-refractivity contribution in [1.29, 1.82) is 0 Å². The first-order valence-corrected chi connectivity index (χ1v) is 9.68. The molecular formula is C20H21Cl2N3O3. The molecule has 0 fully saturated rings. The van der Waals surface area contributed by atoms with Gasteiger partial charge in [0, 0.05) is 16.6 Å². The molecule has 2 aromatic carbocycles. The van der Waals surface area contributed by atoms with E-state index in [1.165, 1.54) is 5.01 Å². The number of aryl methyl sites for hydroxylation is 1. The van der Waals surface area contributed by atoms with E-state index >= 15 is 0 Å². The first kappa shape index (κ1) is 20.5. The number of benzene rings is 2. The van der Waals surface area contributed by atoms with E-state index in [0.717, 1.165) is 29.5 Å². The predicted molar refractivity (Wildman–Crippen MR) is 110 cm³/mol. The molecule has 1 amide bonds. The number of carboxylic acids is 1. The number of carbonyl (C=O) groups excluding carboxylic acids is 1. The van der Waals surface area contributed by atoms with Crippen molar-refractivity contribution < 1.29 is 14.7 Å². The predicted octanol–water partition coefficient (Wildman–Crippen LogP) is 3.49. The number of halogens is 2. The largest absolute Gasteiger partial charge is 0.480 e. The molecule has 0 unspecified atom stereocenters. The van der Waals surface area contributed by atoms with E-state index in [4.69, 9.17) is 28.9 Å². The summed E-state index contributed by atoms with van der Waals surface area (Å²) in [7, 11) is 0. The van der Waals surface area contributed by atoms with E-state index in [1.54, 1.807) is 12.1 Å². The second-order valence-electron chi connectivity index (χ2n) is 6.78. The number of carboxylic acid groups (broad SMARTS) is 1. The van der Waals surface area contributed by atoms with Crippen LogP contribution in [-0.4, -0.2) is 23.5 Å². The van der Waals surface area contributed by atoms with E-state index in [0.29, 0.717) is 35.1 Å². The molecule has 0 aliphatic carbocycles. The van der Waals surface area contributed by atoms with Crippen molar-refractivity contribution in [3.8, 4) is 0 Å². The highest BCUT2D eigenvalue weighted by Crippen LogP contribution is 2.45. The maximum atomic E-state index is 11.8. The molecule has 0 radical (unpaired) electrons. The molecule has 0 spiro atoms. The summed E-state index contributed by atoms with van der Waals surface area (Å²) in [6.45, 7) is 0.493. The van der Waals surface area contributed by atoms with Crippen molar-refractivity contribution in [2.24, 2.45) is 5.73 Å². The molecule has 4 N–H and O–H groups in total. The minimum absolute atomic E-state index is 0.0836. The number of hydrogen-bond donors (Lipinski definition) is 3. The van der Waals surface area contributed by atoms with Crippen LogP contribution in [0.2, 0.25) is 10.0 Å². The van der Waals surface area contributed by atoms with Crippen LogP contribution in [0.5, 0.6) is 0 Å². The summed E-state index contributed by atoms with van der Waals surface area (Å²) >= 11 is 12.6.